The molecule has 7 nitrogen and oxygen atoms in total. The summed E-state index contributed by atoms with van der Waals surface area (Å²) >= 11 is 0. The van der Waals surface area contributed by atoms with Crippen LogP contribution in [0, 0.1) is 0 Å². The Labute approximate surface area is 166 Å². The highest BCUT2D eigenvalue weighted by Crippen LogP contribution is 2.21. The minimum absolute atomic E-state index is 0.164. The molecule has 0 aliphatic carbocycles. The minimum atomic E-state index is -3.57. The summed E-state index contributed by atoms with van der Waals surface area (Å²) in [6.07, 6.45) is 4.50. The molecule has 150 valence electrons. The Morgan fingerprint density at radius 1 is 1.14 bits per heavy atom. The minimum Gasteiger partial charge on any atom is -0.362 e. The van der Waals surface area contributed by atoms with Crippen molar-refractivity contribution >= 4 is 21.7 Å². The van der Waals surface area contributed by atoms with Crippen molar-refractivity contribution < 1.29 is 13.2 Å². The molecule has 0 saturated carbocycles. The summed E-state index contributed by atoms with van der Waals surface area (Å²) in [4.78, 5) is 19.0. The van der Waals surface area contributed by atoms with Crippen molar-refractivity contribution in [2.75, 3.05) is 32.1 Å². The van der Waals surface area contributed by atoms with Gasteiger partial charge in [0.05, 0.1) is 4.90 Å². The Morgan fingerprint density at radius 2 is 1.89 bits per heavy atom. The number of anilines is 1. The molecule has 1 fully saturated rings. The molecule has 0 radical (unpaired) electrons. The van der Waals surface area contributed by atoms with Crippen LogP contribution >= 0.6 is 0 Å². The number of nitrogens with zero attached hydrogens (tertiary/aromatic N) is 3. The second-order valence-electron chi connectivity index (χ2n) is 7.06. The standard InChI is InChI=1S/C20H26N4O3S/c1-23(2)19-17(9-7-11-21-19)15-22-20(25)16-8-6-10-18(14-16)28(26,27)24-12-4-3-5-13-24/h6-11,14H,3-5,12-13,15H2,1-2H3,(H,22,25). The van der Waals surface area contributed by atoms with E-state index in [-0.39, 0.29) is 10.8 Å². The van der Waals surface area contributed by atoms with E-state index in [1.54, 1.807) is 24.4 Å². The van der Waals surface area contributed by atoms with E-state index >= 15 is 0 Å². The number of hydrogen-bond acceptors (Lipinski definition) is 5. The van der Waals surface area contributed by atoms with Crippen molar-refractivity contribution in [2.45, 2.75) is 30.7 Å². The number of carbonyl (C=O) groups excluding carboxylic acids is 1. The van der Waals surface area contributed by atoms with Crippen LogP contribution < -0.4 is 10.2 Å². The Hall–Kier alpha value is -2.45. The molecule has 2 heterocycles. The fourth-order valence-electron chi connectivity index (χ4n) is 3.30. The lowest BCUT2D eigenvalue weighted by molar-refractivity contribution is 0.0950. The molecule has 2 aromatic rings. The Bertz CT molecular complexity index is 938. The van der Waals surface area contributed by atoms with E-state index in [0.717, 1.165) is 30.6 Å². The second-order valence-corrected chi connectivity index (χ2v) is 8.99. The topological polar surface area (TPSA) is 82.6 Å². The van der Waals surface area contributed by atoms with Gasteiger partial charge in [0, 0.05) is 51.1 Å². The number of benzene rings is 1. The van der Waals surface area contributed by atoms with Gasteiger partial charge in [-0.05, 0) is 37.1 Å². The third kappa shape index (κ3) is 4.51. The van der Waals surface area contributed by atoms with Gasteiger partial charge in [0.15, 0.2) is 0 Å². The first kappa shape index (κ1) is 20.3. The lowest BCUT2D eigenvalue weighted by atomic mass is 10.2. The molecular formula is C20H26N4O3S. The number of piperidine rings is 1. The van der Waals surface area contributed by atoms with Crippen molar-refractivity contribution in [3.05, 3.63) is 53.7 Å². The average Bonchev–Trinajstić information content (AvgIpc) is 2.73. The van der Waals surface area contributed by atoms with Crippen LogP contribution in [0.4, 0.5) is 5.82 Å². The first-order chi connectivity index (χ1) is 13.4. The molecule has 1 aromatic heterocycles. The van der Waals surface area contributed by atoms with Crippen molar-refractivity contribution in [3.63, 3.8) is 0 Å². The van der Waals surface area contributed by atoms with Crippen LogP contribution in [0.1, 0.15) is 35.2 Å². The fourth-order valence-corrected chi connectivity index (χ4v) is 4.86. The van der Waals surface area contributed by atoms with Gasteiger partial charge in [0.1, 0.15) is 5.82 Å². The van der Waals surface area contributed by atoms with Gasteiger partial charge in [-0.2, -0.15) is 4.31 Å². The zero-order valence-corrected chi connectivity index (χ0v) is 17.1. The lowest BCUT2D eigenvalue weighted by Gasteiger charge is -2.26. The predicted molar refractivity (Wildman–Crippen MR) is 109 cm³/mol. The molecule has 28 heavy (non-hydrogen) atoms. The van der Waals surface area contributed by atoms with Gasteiger partial charge >= 0.3 is 0 Å². The molecule has 8 heteroatoms. The fraction of sp³-hybridized carbons (Fsp3) is 0.400. The van der Waals surface area contributed by atoms with Crippen LogP contribution in [0.15, 0.2) is 47.5 Å². The van der Waals surface area contributed by atoms with Crippen molar-refractivity contribution in [2.24, 2.45) is 0 Å². The number of pyridine rings is 1. The lowest BCUT2D eigenvalue weighted by Crippen LogP contribution is -2.35. The van der Waals surface area contributed by atoms with E-state index < -0.39 is 10.0 Å². The smallest absolute Gasteiger partial charge is 0.251 e. The number of rotatable bonds is 6. The summed E-state index contributed by atoms with van der Waals surface area (Å²) in [6, 6.07) is 9.96. The van der Waals surface area contributed by atoms with Crippen LogP contribution in [0.25, 0.3) is 0 Å². The van der Waals surface area contributed by atoms with Gasteiger partial charge in [-0.15, -0.1) is 0 Å². The quantitative estimate of drug-likeness (QED) is 0.801. The molecule has 1 aromatic carbocycles. The maximum atomic E-state index is 12.8. The van der Waals surface area contributed by atoms with Gasteiger partial charge in [-0.3, -0.25) is 4.79 Å². The molecular weight excluding hydrogens is 376 g/mol. The normalized spacial score (nSPS) is 15.2. The van der Waals surface area contributed by atoms with Gasteiger partial charge in [-0.1, -0.05) is 18.6 Å². The number of amides is 1. The van der Waals surface area contributed by atoms with Crippen molar-refractivity contribution in [1.82, 2.24) is 14.6 Å². The summed E-state index contributed by atoms with van der Waals surface area (Å²) < 4.78 is 27.2. The third-order valence-corrected chi connectivity index (χ3v) is 6.67. The number of aromatic nitrogens is 1. The van der Waals surface area contributed by atoms with E-state index in [4.69, 9.17) is 0 Å². The predicted octanol–water partition coefficient (Wildman–Crippen LogP) is 2.25. The first-order valence-corrected chi connectivity index (χ1v) is 10.8. The van der Waals surface area contributed by atoms with Crippen LogP contribution in [-0.4, -0.2) is 50.8 Å². The highest BCUT2D eigenvalue weighted by molar-refractivity contribution is 7.89. The molecule has 1 amide bonds. The molecule has 0 bridgehead atoms. The zero-order valence-electron chi connectivity index (χ0n) is 16.3. The van der Waals surface area contributed by atoms with Crippen LogP contribution in [-0.2, 0) is 16.6 Å². The van der Waals surface area contributed by atoms with Gasteiger partial charge < -0.3 is 10.2 Å². The highest BCUT2D eigenvalue weighted by Gasteiger charge is 2.26. The van der Waals surface area contributed by atoms with E-state index in [1.165, 1.54) is 10.4 Å². The summed E-state index contributed by atoms with van der Waals surface area (Å²) in [5, 5.41) is 2.85. The number of sulfonamides is 1. The number of carbonyl (C=O) groups is 1. The van der Waals surface area contributed by atoms with E-state index in [2.05, 4.69) is 10.3 Å². The summed E-state index contributed by atoms with van der Waals surface area (Å²) in [6.45, 7) is 1.38. The third-order valence-electron chi connectivity index (χ3n) is 4.78. The van der Waals surface area contributed by atoms with E-state index in [0.29, 0.717) is 25.2 Å². The maximum absolute atomic E-state index is 12.8. The van der Waals surface area contributed by atoms with E-state index in [1.807, 2.05) is 31.1 Å². The van der Waals surface area contributed by atoms with Gasteiger partial charge in [0.2, 0.25) is 10.0 Å². The van der Waals surface area contributed by atoms with Crippen molar-refractivity contribution in [1.29, 1.82) is 0 Å². The highest BCUT2D eigenvalue weighted by atomic mass is 32.2. The molecule has 0 spiro atoms. The first-order valence-electron chi connectivity index (χ1n) is 9.39. The average molecular weight is 403 g/mol. The van der Waals surface area contributed by atoms with Crippen molar-refractivity contribution in [3.8, 4) is 0 Å². The Balaban J connectivity index is 1.74. The molecule has 1 N–H and O–H groups in total. The van der Waals surface area contributed by atoms with Crippen LogP contribution in [0.2, 0.25) is 0 Å². The Kier molecular flexibility index (Phi) is 6.31. The maximum Gasteiger partial charge on any atom is 0.251 e. The molecule has 1 aliphatic rings. The monoisotopic (exact) mass is 402 g/mol. The van der Waals surface area contributed by atoms with Gasteiger partial charge in [0.25, 0.3) is 5.91 Å². The number of hydrogen-bond donors (Lipinski definition) is 1. The van der Waals surface area contributed by atoms with Crippen LogP contribution in [0.5, 0.6) is 0 Å². The molecule has 3 rings (SSSR count). The summed E-state index contributed by atoms with van der Waals surface area (Å²) in [5.74, 6) is 0.466. The molecule has 0 unspecified atom stereocenters. The molecule has 1 aliphatic heterocycles. The number of nitrogens with one attached hydrogen (secondary N) is 1. The largest absolute Gasteiger partial charge is 0.362 e. The van der Waals surface area contributed by atoms with Gasteiger partial charge in [-0.25, -0.2) is 13.4 Å². The SMILES string of the molecule is CN(C)c1ncccc1CNC(=O)c1cccc(S(=O)(=O)N2CCCCC2)c1. The summed E-state index contributed by atoms with van der Waals surface area (Å²) in [5.41, 5.74) is 1.21. The zero-order chi connectivity index (χ0) is 20.1. The van der Waals surface area contributed by atoms with E-state index in [9.17, 15) is 13.2 Å². The second kappa shape index (κ2) is 8.70. The molecule has 1 saturated heterocycles. The van der Waals surface area contributed by atoms with Crippen LogP contribution in [0.3, 0.4) is 0 Å². The summed E-state index contributed by atoms with van der Waals surface area (Å²) in [7, 11) is 0.216. The Morgan fingerprint density at radius 3 is 2.61 bits per heavy atom. The molecule has 0 atom stereocenters.